The lowest BCUT2D eigenvalue weighted by Crippen LogP contribution is -2.20. The Morgan fingerprint density at radius 3 is 2.53 bits per heavy atom. The second kappa shape index (κ2) is 4.21. The summed E-state index contributed by atoms with van der Waals surface area (Å²) >= 11 is 6.00. The summed E-state index contributed by atoms with van der Waals surface area (Å²) < 4.78 is 0. The maximum Gasteiger partial charge on any atom is 0.259 e. The summed E-state index contributed by atoms with van der Waals surface area (Å²) in [6, 6.07) is 10.8. The minimum atomic E-state index is -0.348. The van der Waals surface area contributed by atoms with Crippen LogP contribution >= 0.6 is 11.6 Å². The Morgan fingerprint density at radius 1 is 1.00 bits per heavy atom. The van der Waals surface area contributed by atoms with Crippen LogP contribution in [0.2, 0.25) is 5.02 Å². The van der Waals surface area contributed by atoms with Crippen molar-refractivity contribution in [3.05, 3.63) is 58.1 Å². The number of carbonyl (C=O) groups excluding carboxylic acids is 2. The van der Waals surface area contributed by atoms with Crippen LogP contribution in [0.3, 0.4) is 0 Å². The van der Waals surface area contributed by atoms with E-state index in [1.54, 1.807) is 18.2 Å². The third kappa shape index (κ3) is 1.83. The Hall–Kier alpha value is -2.13. The molecule has 1 aliphatic heterocycles. The Morgan fingerprint density at radius 2 is 1.79 bits per heavy atom. The zero-order valence-electron chi connectivity index (χ0n) is 10.2. The zero-order valence-corrected chi connectivity index (χ0v) is 10.9. The molecule has 0 radical (unpaired) electrons. The number of aryl methyl sites for hydroxylation is 1. The Kier molecular flexibility index (Phi) is 2.64. The fraction of sp³-hybridized carbons (Fsp3) is 0.0667. The van der Waals surface area contributed by atoms with Gasteiger partial charge in [0, 0.05) is 5.02 Å². The molecule has 0 saturated carbocycles. The van der Waals surface area contributed by atoms with Crippen LogP contribution in [0.25, 0.3) is 11.1 Å². The molecule has 2 aromatic carbocycles. The van der Waals surface area contributed by atoms with Crippen LogP contribution in [0.1, 0.15) is 26.3 Å². The lowest BCUT2D eigenvalue weighted by molar-refractivity contribution is 0.0880. The normalized spacial score (nSPS) is 13.4. The molecule has 0 aliphatic carbocycles. The average Bonchev–Trinajstić information content (AvgIpc) is 2.65. The van der Waals surface area contributed by atoms with E-state index in [9.17, 15) is 9.59 Å². The predicted molar refractivity (Wildman–Crippen MR) is 73.4 cm³/mol. The van der Waals surface area contributed by atoms with E-state index in [4.69, 9.17) is 11.6 Å². The summed E-state index contributed by atoms with van der Waals surface area (Å²) in [6.07, 6.45) is 0. The standard InChI is InChI=1S/C15H10ClNO2/c1-8-5-6-11-13(15(19)17-14(11)18)12(8)9-3-2-4-10(16)7-9/h2-7H,1H3,(H,17,18,19). The van der Waals surface area contributed by atoms with Gasteiger partial charge in [0.1, 0.15) is 0 Å². The van der Waals surface area contributed by atoms with Gasteiger partial charge in [0.15, 0.2) is 0 Å². The van der Waals surface area contributed by atoms with Crippen LogP contribution in [-0.2, 0) is 0 Å². The minimum Gasteiger partial charge on any atom is -0.288 e. The number of benzene rings is 2. The van der Waals surface area contributed by atoms with E-state index in [0.717, 1.165) is 16.7 Å². The van der Waals surface area contributed by atoms with Crippen LogP contribution in [0.15, 0.2) is 36.4 Å². The highest BCUT2D eigenvalue weighted by molar-refractivity contribution is 6.31. The number of halogens is 1. The van der Waals surface area contributed by atoms with Crippen LogP contribution in [0.5, 0.6) is 0 Å². The molecule has 0 atom stereocenters. The molecule has 2 aromatic rings. The Labute approximate surface area is 115 Å². The second-order valence-corrected chi connectivity index (χ2v) is 4.91. The third-order valence-electron chi connectivity index (χ3n) is 3.23. The van der Waals surface area contributed by atoms with Gasteiger partial charge in [-0.2, -0.15) is 0 Å². The van der Waals surface area contributed by atoms with Crippen molar-refractivity contribution in [2.45, 2.75) is 6.92 Å². The SMILES string of the molecule is Cc1ccc2c(c1-c1cccc(Cl)c1)C(=O)NC2=O. The molecule has 3 rings (SSSR count). The van der Waals surface area contributed by atoms with Crippen molar-refractivity contribution in [1.29, 1.82) is 0 Å². The van der Waals surface area contributed by atoms with Gasteiger partial charge in [-0.3, -0.25) is 14.9 Å². The number of amides is 2. The van der Waals surface area contributed by atoms with Crippen LogP contribution in [0, 0.1) is 6.92 Å². The molecular weight excluding hydrogens is 262 g/mol. The fourth-order valence-electron chi connectivity index (χ4n) is 2.38. The predicted octanol–water partition coefficient (Wildman–Crippen LogP) is 3.20. The quantitative estimate of drug-likeness (QED) is 0.810. The summed E-state index contributed by atoms with van der Waals surface area (Å²) in [6.45, 7) is 1.91. The first kappa shape index (κ1) is 11.9. The molecule has 1 heterocycles. The number of hydrogen-bond acceptors (Lipinski definition) is 2. The lowest BCUT2D eigenvalue weighted by atomic mass is 9.92. The lowest BCUT2D eigenvalue weighted by Gasteiger charge is -2.10. The van der Waals surface area contributed by atoms with E-state index in [2.05, 4.69) is 5.32 Å². The van der Waals surface area contributed by atoms with Crippen molar-refractivity contribution < 1.29 is 9.59 Å². The van der Waals surface area contributed by atoms with Gasteiger partial charge in [-0.1, -0.05) is 29.8 Å². The van der Waals surface area contributed by atoms with E-state index >= 15 is 0 Å². The molecule has 0 unspecified atom stereocenters. The van der Waals surface area contributed by atoms with Gasteiger partial charge < -0.3 is 0 Å². The Bertz CT molecular complexity index is 722. The largest absolute Gasteiger partial charge is 0.288 e. The van der Waals surface area contributed by atoms with E-state index in [1.807, 2.05) is 25.1 Å². The van der Waals surface area contributed by atoms with Gasteiger partial charge in [-0.25, -0.2) is 0 Å². The van der Waals surface area contributed by atoms with Gasteiger partial charge in [0.25, 0.3) is 11.8 Å². The molecule has 1 N–H and O–H groups in total. The van der Waals surface area contributed by atoms with Crippen molar-refractivity contribution in [3.8, 4) is 11.1 Å². The third-order valence-corrected chi connectivity index (χ3v) is 3.46. The maximum absolute atomic E-state index is 11.9. The van der Waals surface area contributed by atoms with Gasteiger partial charge in [0.2, 0.25) is 0 Å². The summed E-state index contributed by atoms with van der Waals surface area (Å²) in [5.74, 6) is -0.693. The van der Waals surface area contributed by atoms with Gasteiger partial charge in [-0.05, 0) is 41.8 Å². The summed E-state index contributed by atoms with van der Waals surface area (Å²) in [7, 11) is 0. The number of imide groups is 1. The maximum atomic E-state index is 11.9. The minimum absolute atomic E-state index is 0.344. The fourth-order valence-corrected chi connectivity index (χ4v) is 2.57. The van der Waals surface area contributed by atoms with Crippen molar-refractivity contribution in [2.24, 2.45) is 0 Å². The molecule has 3 nitrogen and oxygen atoms in total. The summed E-state index contributed by atoms with van der Waals surface area (Å²) in [5, 5.41) is 2.92. The molecule has 1 aliphatic rings. The molecule has 2 amide bonds. The number of carbonyl (C=O) groups is 2. The highest BCUT2D eigenvalue weighted by Gasteiger charge is 2.30. The molecular formula is C15H10ClNO2. The molecule has 0 spiro atoms. The van der Waals surface area contributed by atoms with Crippen LogP contribution < -0.4 is 5.32 Å². The molecule has 4 heteroatoms. The zero-order chi connectivity index (χ0) is 13.6. The highest BCUT2D eigenvalue weighted by atomic mass is 35.5. The van der Waals surface area contributed by atoms with Gasteiger partial charge in [-0.15, -0.1) is 0 Å². The average molecular weight is 272 g/mol. The molecule has 0 bridgehead atoms. The number of fused-ring (bicyclic) bond motifs is 1. The smallest absolute Gasteiger partial charge is 0.259 e. The van der Waals surface area contributed by atoms with Crippen LogP contribution in [-0.4, -0.2) is 11.8 Å². The summed E-state index contributed by atoms with van der Waals surface area (Å²) in [4.78, 5) is 23.6. The van der Waals surface area contributed by atoms with Crippen molar-refractivity contribution in [3.63, 3.8) is 0 Å². The van der Waals surface area contributed by atoms with Crippen molar-refractivity contribution >= 4 is 23.4 Å². The molecule has 0 fully saturated rings. The van der Waals surface area contributed by atoms with E-state index < -0.39 is 0 Å². The highest BCUT2D eigenvalue weighted by Crippen LogP contribution is 2.33. The monoisotopic (exact) mass is 271 g/mol. The number of nitrogens with one attached hydrogen (secondary N) is 1. The molecule has 94 valence electrons. The van der Waals surface area contributed by atoms with Crippen molar-refractivity contribution in [2.75, 3.05) is 0 Å². The first-order valence-electron chi connectivity index (χ1n) is 5.83. The molecule has 19 heavy (non-hydrogen) atoms. The van der Waals surface area contributed by atoms with Gasteiger partial charge >= 0.3 is 0 Å². The first-order valence-corrected chi connectivity index (χ1v) is 6.21. The Balaban J connectivity index is 2.33. The van der Waals surface area contributed by atoms with Crippen molar-refractivity contribution in [1.82, 2.24) is 5.32 Å². The van der Waals surface area contributed by atoms with Gasteiger partial charge in [0.05, 0.1) is 11.1 Å². The topological polar surface area (TPSA) is 46.2 Å². The second-order valence-electron chi connectivity index (χ2n) is 4.47. The number of hydrogen-bond donors (Lipinski definition) is 1. The molecule has 0 aromatic heterocycles. The van der Waals surface area contributed by atoms with E-state index in [1.165, 1.54) is 0 Å². The van der Waals surface area contributed by atoms with Crippen LogP contribution in [0.4, 0.5) is 0 Å². The molecule has 0 saturated heterocycles. The summed E-state index contributed by atoms with van der Waals surface area (Å²) in [5.41, 5.74) is 3.40. The number of rotatable bonds is 1. The van der Waals surface area contributed by atoms with E-state index in [-0.39, 0.29) is 11.8 Å². The first-order chi connectivity index (χ1) is 9.08. The van der Waals surface area contributed by atoms with E-state index in [0.29, 0.717) is 16.1 Å².